The Morgan fingerprint density at radius 1 is 1.71 bits per heavy atom. The van der Waals surface area contributed by atoms with Crippen LogP contribution in [-0.2, 0) is 11.2 Å². The first-order valence-electron chi connectivity index (χ1n) is 4.69. The van der Waals surface area contributed by atoms with E-state index in [4.69, 9.17) is 5.11 Å². The lowest BCUT2D eigenvalue weighted by Gasteiger charge is -2.23. The number of hydrogen-bond donors (Lipinski definition) is 1. The van der Waals surface area contributed by atoms with E-state index in [2.05, 4.69) is 4.98 Å². The average molecular weight is 213 g/mol. The van der Waals surface area contributed by atoms with Crippen molar-refractivity contribution >= 4 is 17.3 Å². The van der Waals surface area contributed by atoms with Crippen molar-refractivity contribution in [3.05, 3.63) is 16.6 Å². The first kappa shape index (κ1) is 11.2. The molecule has 1 atom stereocenters. The van der Waals surface area contributed by atoms with Gasteiger partial charge in [-0.3, -0.25) is 9.78 Å². The summed E-state index contributed by atoms with van der Waals surface area (Å²) in [5.74, 6) is -0.715. The Morgan fingerprint density at radius 3 is 2.86 bits per heavy atom. The van der Waals surface area contributed by atoms with Gasteiger partial charge in [0.25, 0.3) is 0 Å². The van der Waals surface area contributed by atoms with E-state index >= 15 is 0 Å². The third-order valence-electron chi connectivity index (χ3n) is 2.37. The van der Waals surface area contributed by atoms with Gasteiger partial charge in [-0.1, -0.05) is 13.3 Å². The standard InChI is InChI=1S/C10H15NO2S/c1-3-4-10(2,9(12)13)5-8-6-11-7-14-8/h6-7H,3-5H2,1-2H3,(H,12,13). The van der Waals surface area contributed by atoms with Crippen molar-refractivity contribution in [2.75, 3.05) is 0 Å². The van der Waals surface area contributed by atoms with Crippen LogP contribution in [0.15, 0.2) is 11.7 Å². The largest absolute Gasteiger partial charge is 0.481 e. The number of carbonyl (C=O) groups is 1. The van der Waals surface area contributed by atoms with Crippen molar-refractivity contribution in [3.63, 3.8) is 0 Å². The monoisotopic (exact) mass is 213 g/mol. The first-order valence-corrected chi connectivity index (χ1v) is 5.57. The van der Waals surface area contributed by atoms with Crippen molar-refractivity contribution in [1.29, 1.82) is 0 Å². The fourth-order valence-corrected chi connectivity index (χ4v) is 2.32. The maximum atomic E-state index is 11.1. The van der Waals surface area contributed by atoms with Gasteiger partial charge in [0, 0.05) is 11.1 Å². The van der Waals surface area contributed by atoms with Gasteiger partial charge in [0.15, 0.2) is 0 Å². The Bertz CT molecular complexity index is 297. The van der Waals surface area contributed by atoms with E-state index in [1.165, 1.54) is 11.3 Å². The van der Waals surface area contributed by atoms with Crippen LogP contribution >= 0.6 is 11.3 Å². The third-order valence-corrected chi connectivity index (χ3v) is 3.15. The minimum absolute atomic E-state index is 0.584. The van der Waals surface area contributed by atoms with Crippen LogP contribution in [0, 0.1) is 5.41 Å². The van der Waals surface area contributed by atoms with Crippen LogP contribution in [0.3, 0.4) is 0 Å². The molecule has 1 N–H and O–H groups in total. The van der Waals surface area contributed by atoms with Crippen molar-refractivity contribution < 1.29 is 9.90 Å². The fraction of sp³-hybridized carbons (Fsp3) is 0.600. The molecule has 0 saturated heterocycles. The summed E-state index contributed by atoms with van der Waals surface area (Å²) in [6.45, 7) is 3.81. The van der Waals surface area contributed by atoms with E-state index in [1.807, 2.05) is 6.92 Å². The van der Waals surface area contributed by atoms with Gasteiger partial charge in [0.2, 0.25) is 0 Å². The van der Waals surface area contributed by atoms with Crippen molar-refractivity contribution in [1.82, 2.24) is 4.98 Å². The molecule has 78 valence electrons. The number of aromatic nitrogens is 1. The molecule has 0 bridgehead atoms. The van der Waals surface area contributed by atoms with Crippen LogP contribution in [0.1, 0.15) is 31.6 Å². The van der Waals surface area contributed by atoms with Gasteiger partial charge in [-0.15, -0.1) is 11.3 Å². The summed E-state index contributed by atoms with van der Waals surface area (Å²) >= 11 is 1.52. The molecule has 0 aliphatic heterocycles. The number of nitrogens with zero attached hydrogens (tertiary/aromatic N) is 1. The van der Waals surface area contributed by atoms with Gasteiger partial charge in [-0.25, -0.2) is 0 Å². The molecule has 1 heterocycles. The van der Waals surface area contributed by atoms with Crippen molar-refractivity contribution in [3.8, 4) is 0 Å². The molecule has 1 aromatic heterocycles. The van der Waals surface area contributed by atoms with Crippen LogP contribution in [0.4, 0.5) is 0 Å². The smallest absolute Gasteiger partial charge is 0.309 e. The molecular formula is C10H15NO2S. The lowest BCUT2D eigenvalue weighted by molar-refractivity contribution is -0.148. The Balaban J connectivity index is 2.74. The van der Waals surface area contributed by atoms with Gasteiger partial charge in [-0.2, -0.15) is 0 Å². The molecule has 0 aliphatic carbocycles. The van der Waals surface area contributed by atoms with Crippen LogP contribution in [0.2, 0.25) is 0 Å². The van der Waals surface area contributed by atoms with Gasteiger partial charge in [0.05, 0.1) is 10.9 Å². The summed E-state index contributed by atoms with van der Waals surface area (Å²) < 4.78 is 0. The zero-order chi connectivity index (χ0) is 10.6. The fourth-order valence-electron chi connectivity index (χ4n) is 1.54. The Labute approximate surface area is 87.8 Å². The van der Waals surface area contributed by atoms with Crippen LogP contribution in [0.25, 0.3) is 0 Å². The minimum Gasteiger partial charge on any atom is -0.481 e. The van der Waals surface area contributed by atoms with E-state index in [9.17, 15) is 4.79 Å². The number of aliphatic carboxylic acids is 1. The highest BCUT2D eigenvalue weighted by Crippen LogP contribution is 2.29. The van der Waals surface area contributed by atoms with E-state index in [0.29, 0.717) is 12.8 Å². The lowest BCUT2D eigenvalue weighted by atomic mass is 9.82. The van der Waals surface area contributed by atoms with Gasteiger partial charge >= 0.3 is 5.97 Å². The Kier molecular flexibility index (Phi) is 3.63. The molecule has 0 radical (unpaired) electrons. The predicted molar refractivity (Wildman–Crippen MR) is 56.5 cm³/mol. The quantitative estimate of drug-likeness (QED) is 0.817. The number of carboxylic acids is 1. The normalized spacial score (nSPS) is 15.0. The number of rotatable bonds is 5. The van der Waals surface area contributed by atoms with E-state index in [0.717, 1.165) is 11.3 Å². The van der Waals surface area contributed by atoms with Gasteiger partial charge in [-0.05, 0) is 19.8 Å². The maximum absolute atomic E-state index is 11.1. The molecule has 1 aromatic rings. The summed E-state index contributed by atoms with van der Waals surface area (Å²) in [6, 6.07) is 0. The van der Waals surface area contributed by atoms with E-state index < -0.39 is 11.4 Å². The zero-order valence-electron chi connectivity index (χ0n) is 8.49. The third kappa shape index (κ3) is 2.54. The van der Waals surface area contributed by atoms with E-state index in [1.54, 1.807) is 18.6 Å². The van der Waals surface area contributed by atoms with Crippen molar-refractivity contribution in [2.24, 2.45) is 5.41 Å². The summed E-state index contributed by atoms with van der Waals surface area (Å²) in [5, 5.41) is 9.15. The highest BCUT2D eigenvalue weighted by molar-refractivity contribution is 7.09. The molecule has 1 rings (SSSR count). The topological polar surface area (TPSA) is 50.2 Å². The van der Waals surface area contributed by atoms with Crippen molar-refractivity contribution in [2.45, 2.75) is 33.1 Å². The Hall–Kier alpha value is -0.900. The number of carboxylic acid groups (broad SMARTS) is 1. The molecule has 0 aromatic carbocycles. The molecule has 0 aliphatic rings. The zero-order valence-corrected chi connectivity index (χ0v) is 9.30. The second-order valence-electron chi connectivity index (χ2n) is 3.76. The molecule has 0 fully saturated rings. The first-order chi connectivity index (χ1) is 6.58. The SMILES string of the molecule is CCCC(C)(Cc1cncs1)C(=O)O. The van der Waals surface area contributed by atoms with Crippen LogP contribution < -0.4 is 0 Å². The molecule has 0 spiro atoms. The minimum atomic E-state index is -0.715. The number of hydrogen-bond acceptors (Lipinski definition) is 3. The summed E-state index contributed by atoms with van der Waals surface area (Å²) in [4.78, 5) is 16.1. The summed E-state index contributed by atoms with van der Waals surface area (Å²) in [6.07, 6.45) is 3.93. The number of thiazole rings is 1. The summed E-state index contributed by atoms with van der Waals surface area (Å²) in [7, 11) is 0. The highest BCUT2D eigenvalue weighted by Gasteiger charge is 2.32. The second-order valence-corrected chi connectivity index (χ2v) is 4.73. The molecule has 0 saturated carbocycles. The maximum Gasteiger partial charge on any atom is 0.309 e. The molecule has 1 unspecified atom stereocenters. The Morgan fingerprint density at radius 2 is 2.43 bits per heavy atom. The van der Waals surface area contributed by atoms with Crippen LogP contribution in [0.5, 0.6) is 0 Å². The predicted octanol–water partition coefficient (Wildman–Crippen LogP) is 2.58. The molecule has 3 nitrogen and oxygen atoms in total. The lowest BCUT2D eigenvalue weighted by Crippen LogP contribution is -2.29. The second kappa shape index (κ2) is 4.55. The highest BCUT2D eigenvalue weighted by atomic mass is 32.1. The average Bonchev–Trinajstić information content (AvgIpc) is 2.56. The molecule has 4 heteroatoms. The molecule has 0 amide bonds. The van der Waals surface area contributed by atoms with Gasteiger partial charge in [0.1, 0.15) is 0 Å². The van der Waals surface area contributed by atoms with Crippen LogP contribution in [-0.4, -0.2) is 16.1 Å². The molecular weight excluding hydrogens is 198 g/mol. The van der Waals surface area contributed by atoms with E-state index in [-0.39, 0.29) is 0 Å². The summed E-state index contributed by atoms with van der Waals surface area (Å²) in [5.41, 5.74) is 1.10. The molecule has 14 heavy (non-hydrogen) atoms. The van der Waals surface area contributed by atoms with Gasteiger partial charge < -0.3 is 5.11 Å².